The molecule has 0 spiro atoms. The minimum absolute atomic E-state index is 0.123. The number of fused-ring (bicyclic) bond motifs is 1. The van der Waals surface area contributed by atoms with Gasteiger partial charge in [-0.1, -0.05) is 36.4 Å². The lowest BCUT2D eigenvalue weighted by atomic mass is 9.94. The Balaban J connectivity index is 1.86. The zero-order valence-electron chi connectivity index (χ0n) is 16.9. The molecule has 0 aliphatic heterocycles. The minimum atomic E-state index is 0.123. The first-order valence-corrected chi connectivity index (χ1v) is 9.81. The van der Waals surface area contributed by atoms with Gasteiger partial charge >= 0.3 is 0 Å². The summed E-state index contributed by atoms with van der Waals surface area (Å²) in [6, 6.07) is 14.8. The molecule has 4 heteroatoms. The molecule has 0 bridgehead atoms. The maximum atomic E-state index is 4.64. The molecule has 0 fully saturated rings. The van der Waals surface area contributed by atoms with Crippen molar-refractivity contribution in [2.75, 3.05) is 5.32 Å². The summed E-state index contributed by atoms with van der Waals surface area (Å²) in [5.41, 5.74) is 8.61. The quantitative estimate of drug-likeness (QED) is 0.447. The van der Waals surface area contributed by atoms with Crippen molar-refractivity contribution in [3.63, 3.8) is 0 Å². The largest absolute Gasteiger partial charge is 0.378 e. The molecule has 2 heterocycles. The molecule has 4 nitrogen and oxygen atoms in total. The summed E-state index contributed by atoms with van der Waals surface area (Å²) < 4.78 is 0. The number of nitrogens with one attached hydrogen (secondary N) is 1. The van der Waals surface area contributed by atoms with E-state index in [1.807, 2.05) is 19.2 Å². The first-order valence-electron chi connectivity index (χ1n) is 9.81. The standard InChI is InChI=1S/C25H24N4/c1-4-7-21-17(2)8-5-10-22(21)23-14-20(15-24-25(23)28-13-12-27-24)29-18(3)19-9-6-11-26-16-19/h4-16,18,29H,1-3H3/b7-4-. The molecule has 0 saturated carbocycles. The van der Waals surface area contributed by atoms with Crippen LogP contribution in [0.15, 0.2) is 73.3 Å². The van der Waals surface area contributed by atoms with Crippen LogP contribution in [0.4, 0.5) is 5.69 Å². The normalized spacial score (nSPS) is 12.4. The van der Waals surface area contributed by atoms with Gasteiger partial charge in [0.25, 0.3) is 0 Å². The third-order valence-electron chi connectivity index (χ3n) is 5.09. The van der Waals surface area contributed by atoms with Crippen LogP contribution in [-0.2, 0) is 0 Å². The summed E-state index contributed by atoms with van der Waals surface area (Å²) in [7, 11) is 0. The molecule has 2 aromatic carbocycles. The molecular weight excluding hydrogens is 356 g/mol. The molecule has 1 atom stereocenters. The summed E-state index contributed by atoms with van der Waals surface area (Å²) >= 11 is 0. The van der Waals surface area contributed by atoms with E-state index < -0.39 is 0 Å². The highest BCUT2D eigenvalue weighted by Gasteiger charge is 2.14. The van der Waals surface area contributed by atoms with Crippen molar-refractivity contribution in [1.82, 2.24) is 15.0 Å². The predicted molar refractivity (Wildman–Crippen MR) is 121 cm³/mol. The molecule has 0 radical (unpaired) electrons. The van der Waals surface area contributed by atoms with Gasteiger partial charge in [-0.3, -0.25) is 15.0 Å². The Morgan fingerprint density at radius 2 is 1.83 bits per heavy atom. The number of rotatable bonds is 5. The Morgan fingerprint density at radius 1 is 0.966 bits per heavy atom. The minimum Gasteiger partial charge on any atom is -0.378 e. The van der Waals surface area contributed by atoms with Crippen LogP contribution in [0.25, 0.3) is 28.2 Å². The molecule has 0 aliphatic rings. The molecule has 2 aromatic heterocycles. The SMILES string of the molecule is C/C=C\c1c(C)cccc1-c1cc(NC(C)c2cccnc2)cc2nccnc12. The number of anilines is 1. The van der Waals surface area contributed by atoms with E-state index >= 15 is 0 Å². The number of benzene rings is 2. The Morgan fingerprint density at radius 3 is 2.62 bits per heavy atom. The van der Waals surface area contributed by atoms with E-state index in [1.165, 1.54) is 11.1 Å². The van der Waals surface area contributed by atoms with Crippen molar-refractivity contribution in [3.8, 4) is 11.1 Å². The predicted octanol–water partition coefficient (Wildman–Crippen LogP) is 6.21. The molecule has 0 amide bonds. The molecule has 1 N–H and O–H groups in total. The highest BCUT2D eigenvalue weighted by molar-refractivity contribution is 5.97. The lowest BCUT2D eigenvalue weighted by Crippen LogP contribution is -2.07. The van der Waals surface area contributed by atoms with Crippen molar-refractivity contribution < 1.29 is 0 Å². The smallest absolute Gasteiger partial charge is 0.0966 e. The molecular formula is C25H24N4. The van der Waals surface area contributed by atoms with Crippen LogP contribution < -0.4 is 5.32 Å². The topological polar surface area (TPSA) is 50.7 Å². The van der Waals surface area contributed by atoms with Crippen molar-refractivity contribution in [1.29, 1.82) is 0 Å². The molecule has 1 unspecified atom stereocenters. The molecule has 29 heavy (non-hydrogen) atoms. The Hall–Kier alpha value is -3.53. The fraction of sp³-hybridized carbons (Fsp3) is 0.160. The molecule has 4 rings (SSSR count). The third kappa shape index (κ3) is 3.87. The van der Waals surface area contributed by atoms with Crippen LogP contribution in [0.1, 0.15) is 36.6 Å². The zero-order chi connectivity index (χ0) is 20.2. The van der Waals surface area contributed by atoms with E-state index in [1.54, 1.807) is 18.6 Å². The van der Waals surface area contributed by atoms with Gasteiger partial charge in [-0.2, -0.15) is 0 Å². The summed E-state index contributed by atoms with van der Waals surface area (Å²) in [6.07, 6.45) is 11.4. The van der Waals surface area contributed by atoms with Gasteiger partial charge in [-0.25, -0.2) is 0 Å². The van der Waals surface area contributed by atoms with E-state index in [0.717, 1.165) is 33.4 Å². The Labute approximate surface area is 171 Å². The first-order chi connectivity index (χ1) is 14.2. The van der Waals surface area contributed by atoms with Crippen LogP contribution in [0.2, 0.25) is 0 Å². The number of nitrogens with zero attached hydrogens (tertiary/aromatic N) is 3. The third-order valence-corrected chi connectivity index (χ3v) is 5.09. The molecule has 0 saturated heterocycles. The number of hydrogen-bond acceptors (Lipinski definition) is 4. The van der Waals surface area contributed by atoms with Crippen molar-refractivity contribution >= 4 is 22.8 Å². The van der Waals surface area contributed by atoms with Gasteiger partial charge in [0.1, 0.15) is 0 Å². The number of pyridine rings is 1. The van der Waals surface area contributed by atoms with Gasteiger partial charge in [-0.15, -0.1) is 0 Å². The van der Waals surface area contributed by atoms with Crippen LogP contribution >= 0.6 is 0 Å². The average molecular weight is 380 g/mol. The number of aromatic nitrogens is 3. The molecule has 4 aromatic rings. The second-order valence-electron chi connectivity index (χ2n) is 7.14. The monoisotopic (exact) mass is 380 g/mol. The molecule has 144 valence electrons. The molecule has 0 aliphatic carbocycles. The fourth-order valence-corrected chi connectivity index (χ4v) is 3.63. The van der Waals surface area contributed by atoms with E-state index in [0.29, 0.717) is 0 Å². The summed E-state index contributed by atoms with van der Waals surface area (Å²) in [4.78, 5) is 13.5. The number of hydrogen-bond donors (Lipinski definition) is 1. The van der Waals surface area contributed by atoms with E-state index in [-0.39, 0.29) is 6.04 Å². The number of aryl methyl sites for hydroxylation is 1. The van der Waals surface area contributed by atoms with Gasteiger partial charge in [0, 0.05) is 36.0 Å². The summed E-state index contributed by atoms with van der Waals surface area (Å²) in [6.45, 7) is 6.32. The van der Waals surface area contributed by atoms with Gasteiger partial charge in [0.05, 0.1) is 17.1 Å². The van der Waals surface area contributed by atoms with Gasteiger partial charge in [0.15, 0.2) is 0 Å². The van der Waals surface area contributed by atoms with E-state index in [9.17, 15) is 0 Å². The Bertz CT molecular complexity index is 1170. The van der Waals surface area contributed by atoms with E-state index in [2.05, 4.69) is 82.7 Å². The van der Waals surface area contributed by atoms with Crippen LogP contribution in [0, 0.1) is 6.92 Å². The maximum Gasteiger partial charge on any atom is 0.0966 e. The van der Waals surface area contributed by atoms with Crippen molar-refractivity contribution in [3.05, 3.63) is 90.0 Å². The second-order valence-corrected chi connectivity index (χ2v) is 7.14. The average Bonchev–Trinajstić information content (AvgIpc) is 2.75. The second kappa shape index (κ2) is 8.23. The van der Waals surface area contributed by atoms with Crippen LogP contribution in [0.3, 0.4) is 0 Å². The fourth-order valence-electron chi connectivity index (χ4n) is 3.63. The Kier molecular flexibility index (Phi) is 5.34. The highest BCUT2D eigenvalue weighted by atomic mass is 14.9. The van der Waals surface area contributed by atoms with Gasteiger partial charge in [-0.05, 0) is 61.2 Å². The van der Waals surface area contributed by atoms with Crippen molar-refractivity contribution in [2.24, 2.45) is 0 Å². The highest BCUT2D eigenvalue weighted by Crippen LogP contribution is 2.35. The zero-order valence-corrected chi connectivity index (χ0v) is 16.9. The van der Waals surface area contributed by atoms with Crippen molar-refractivity contribution in [2.45, 2.75) is 26.8 Å². The van der Waals surface area contributed by atoms with Gasteiger partial charge in [0.2, 0.25) is 0 Å². The lowest BCUT2D eigenvalue weighted by Gasteiger charge is -2.18. The van der Waals surface area contributed by atoms with Crippen LogP contribution in [-0.4, -0.2) is 15.0 Å². The summed E-state index contributed by atoms with van der Waals surface area (Å²) in [5.74, 6) is 0. The summed E-state index contributed by atoms with van der Waals surface area (Å²) in [5, 5.41) is 3.60. The first kappa shape index (κ1) is 18.8. The number of allylic oxidation sites excluding steroid dienone is 1. The van der Waals surface area contributed by atoms with Crippen LogP contribution in [0.5, 0.6) is 0 Å². The van der Waals surface area contributed by atoms with Gasteiger partial charge < -0.3 is 5.32 Å². The maximum absolute atomic E-state index is 4.64. The van der Waals surface area contributed by atoms with E-state index in [4.69, 9.17) is 0 Å². The lowest BCUT2D eigenvalue weighted by molar-refractivity contribution is 0.876.